The Morgan fingerprint density at radius 1 is 1.50 bits per heavy atom. The summed E-state index contributed by atoms with van der Waals surface area (Å²) >= 11 is 0. The predicted molar refractivity (Wildman–Crippen MR) is 48.4 cm³/mol. The van der Waals surface area contributed by atoms with Crippen LogP contribution < -0.4 is 16.6 Å². The van der Waals surface area contributed by atoms with Crippen molar-refractivity contribution in [2.24, 2.45) is 5.84 Å². The van der Waals surface area contributed by atoms with Crippen LogP contribution >= 0.6 is 0 Å². The number of rotatable bonds is 6. The summed E-state index contributed by atoms with van der Waals surface area (Å²) in [7, 11) is 3.88. The average molecular weight is 174 g/mol. The van der Waals surface area contributed by atoms with Gasteiger partial charge < -0.3 is 10.2 Å². The monoisotopic (exact) mass is 174 g/mol. The summed E-state index contributed by atoms with van der Waals surface area (Å²) in [5.41, 5.74) is 2.10. The molecule has 0 spiro atoms. The minimum Gasteiger partial charge on any atom is -0.318 e. The van der Waals surface area contributed by atoms with E-state index in [2.05, 4.69) is 15.6 Å². The molecule has 4 N–H and O–H groups in total. The Labute approximate surface area is 73.3 Å². The van der Waals surface area contributed by atoms with Crippen LogP contribution in [0.25, 0.3) is 0 Å². The van der Waals surface area contributed by atoms with Crippen LogP contribution in [0.4, 0.5) is 0 Å². The lowest BCUT2D eigenvalue weighted by atomic mass is 10.4. The molecule has 0 atom stereocenters. The summed E-state index contributed by atoms with van der Waals surface area (Å²) < 4.78 is 0. The molecule has 0 aromatic rings. The van der Waals surface area contributed by atoms with Gasteiger partial charge in [-0.25, -0.2) is 5.84 Å². The molecular formula is C7H18N4O. The highest BCUT2D eigenvalue weighted by Gasteiger charge is 2.01. The summed E-state index contributed by atoms with van der Waals surface area (Å²) in [5, 5.41) is 3.03. The van der Waals surface area contributed by atoms with Gasteiger partial charge in [0.15, 0.2) is 0 Å². The second kappa shape index (κ2) is 7.02. The zero-order valence-corrected chi connectivity index (χ0v) is 7.76. The van der Waals surface area contributed by atoms with E-state index in [-0.39, 0.29) is 5.91 Å². The van der Waals surface area contributed by atoms with E-state index < -0.39 is 0 Å². The normalized spacial score (nSPS) is 10.3. The summed E-state index contributed by atoms with van der Waals surface area (Å²) in [6, 6.07) is 0. The van der Waals surface area contributed by atoms with Crippen LogP contribution in [0, 0.1) is 0 Å². The van der Waals surface area contributed by atoms with Crippen molar-refractivity contribution in [3.63, 3.8) is 0 Å². The molecule has 0 saturated heterocycles. The van der Waals surface area contributed by atoms with Crippen molar-refractivity contribution in [3.05, 3.63) is 0 Å². The van der Waals surface area contributed by atoms with E-state index in [0.717, 1.165) is 19.6 Å². The van der Waals surface area contributed by atoms with Crippen molar-refractivity contribution < 1.29 is 4.79 Å². The molecule has 5 heteroatoms. The zero-order chi connectivity index (χ0) is 9.40. The highest BCUT2D eigenvalue weighted by molar-refractivity contribution is 5.75. The molecule has 0 fully saturated rings. The van der Waals surface area contributed by atoms with Crippen molar-refractivity contribution >= 4 is 5.91 Å². The van der Waals surface area contributed by atoms with Gasteiger partial charge in [-0.2, -0.15) is 0 Å². The average Bonchev–Trinajstić information content (AvgIpc) is 2.10. The first-order valence-electron chi connectivity index (χ1n) is 4.03. The molecule has 0 bridgehead atoms. The summed E-state index contributed by atoms with van der Waals surface area (Å²) in [6.45, 7) is 2.61. The molecule has 0 aliphatic heterocycles. The molecule has 0 unspecified atom stereocenters. The van der Waals surface area contributed by atoms with Crippen molar-refractivity contribution in [1.82, 2.24) is 15.6 Å². The quantitative estimate of drug-likeness (QED) is 0.261. The number of amides is 1. The molecule has 0 heterocycles. The number of likely N-dealkylation sites (N-methyl/N-ethyl adjacent to an activating group) is 2. The van der Waals surface area contributed by atoms with E-state index in [1.165, 1.54) is 0 Å². The Kier molecular flexibility index (Phi) is 6.64. The first-order chi connectivity index (χ1) is 5.70. The van der Waals surface area contributed by atoms with Crippen molar-refractivity contribution in [2.45, 2.75) is 6.42 Å². The lowest BCUT2D eigenvalue weighted by Crippen LogP contribution is -2.34. The van der Waals surface area contributed by atoms with Gasteiger partial charge in [-0.15, -0.1) is 0 Å². The van der Waals surface area contributed by atoms with Crippen molar-refractivity contribution in [2.75, 3.05) is 33.7 Å². The molecule has 0 aromatic heterocycles. The highest BCUT2D eigenvalue weighted by atomic mass is 16.2. The second-order valence-electron chi connectivity index (χ2n) is 2.72. The minimum absolute atomic E-state index is 0.119. The molecule has 0 aliphatic rings. The van der Waals surface area contributed by atoms with E-state index >= 15 is 0 Å². The van der Waals surface area contributed by atoms with Gasteiger partial charge in [-0.3, -0.25) is 10.2 Å². The van der Waals surface area contributed by atoms with Gasteiger partial charge in [0.1, 0.15) is 0 Å². The van der Waals surface area contributed by atoms with Gasteiger partial charge in [0.25, 0.3) is 0 Å². The molecule has 0 radical (unpaired) electrons. The summed E-state index contributed by atoms with van der Waals surface area (Å²) in [6.07, 6.45) is 0.455. The van der Waals surface area contributed by atoms with Crippen LogP contribution in [-0.4, -0.2) is 44.5 Å². The fourth-order valence-electron chi connectivity index (χ4n) is 0.779. The van der Waals surface area contributed by atoms with E-state index in [1.54, 1.807) is 0 Å². The summed E-state index contributed by atoms with van der Waals surface area (Å²) in [5.74, 6) is 4.81. The van der Waals surface area contributed by atoms with Crippen LogP contribution in [0.1, 0.15) is 6.42 Å². The first-order valence-corrected chi connectivity index (χ1v) is 4.03. The number of nitrogens with one attached hydrogen (secondary N) is 2. The fourth-order valence-corrected chi connectivity index (χ4v) is 0.779. The number of hydrazine groups is 1. The topological polar surface area (TPSA) is 70.4 Å². The third kappa shape index (κ3) is 6.09. The Morgan fingerprint density at radius 3 is 2.67 bits per heavy atom. The van der Waals surface area contributed by atoms with E-state index in [1.807, 2.05) is 14.1 Å². The number of hydrogen-bond donors (Lipinski definition) is 3. The standard InChI is InChI=1S/C7H18N4O/c1-9-4-6-11(2)5-3-7(12)10-8/h9H,3-6,8H2,1-2H3,(H,10,12). The molecule has 0 aliphatic carbocycles. The van der Waals surface area contributed by atoms with Gasteiger partial charge in [0.05, 0.1) is 0 Å². The van der Waals surface area contributed by atoms with E-state index in [4.69, 9.17) is 5.84 Å². The Bertz CT molecular complexity index is 129. The van der Waals surface area contributed by atoms with Gasteiger partial charge in [-0.05, 0) is 14.1 Å². The number of carbonyl (C=O) groups is 1. The molecule has 1 amide bonds. The minimum atomic E-state index is -0.119. The summed E-state index contributed by atoms with van der Waals surface area (Å²) in [4.78, 5) is 12.8. The first kappa shape index (κ1) is 11.4. The van der Waals surface area contributed by atoms with Gasteiger partial charge in [0.2, 0.25) is 5.91 Å². The predicted octanol–water partition coefficient (Wildman–Crippen LogP) is -1.48. The Balaban J connectivity index is 3.30. The largest absolute Gasteiger partial charge is 0.318 e. The van der Waals surface area contributed by atoms with Gasteiger partial charge >= 0.3 is 0 Å². The number of nitrogens with zero attached hydrogens (tertiary/aromatic N) is 1. The molecule has 72 valence electrons. The lowest BCUT2D eigenvalue weighted by Gasteiger charge is -2.14. The maximum Gasteiger partial charge on any atom is 0.235 e. The van der Waals surface area contributed by atoms with Crippen LogP contribution in [0.5, 0.6) is 0 Å². The van der Waals surface area contributed by atoms with Crippen LogP contribution in [0.2, 0.25) is 0 Å². The van der Waals surface area contributed by atoms with Crippen LogP contribution in [0.3, 0.4) is 0 Å². The van der Waals surface area contributed by atoms with Crippen LogP contribution in [0.15, 0.2) is 0 Å². The third-order valence-electron chi connectivity index (χ3n) is 1.63. The van der Waals surface area contributed by atoms with Crippen LogP contribution in [-0.2, 0) is 4.79 Å². The number of carbonyl (C=O) groups excluding carboxylic acids is 1. The molecule has 0 aromatic carbocycles. The smallest absolute Gasteiger partial charge is 0.235 e. The van der Waals surface area contributed by atoms with Gasteiger partial charge in [0, 0.05) is 26.1 Å². The maximum absolute atomic E-state index is 10.7. The van der Waals surface area contributed by atoms with E-state index in [9.17, 15) is 4.79 Å². The molecule has 0 rings (SSSR count). The van der Waals surface area contributed by atoms with Gasteiger partial charge in [-0.1, -0.05) is 0 Å². The molecule has 0 saturated carbocycles. The number of hydrogen-bond acceptors (Lipinski definition) is 4. The van der Waals surface area contributed by atoms with E-state index in [0.29, 0.717) is 6.42 Å². The molecular weight excluding hydrogens is 156 g/mol. The Hall–Kier alpha value is -0.650. The maximum atomic E-state index is 10.7. The molecule has 5 nitrogen and oxygen atoms in total. The Morgan fingerprint density at radius 2 is 2.17 bits per heavy atom. The SMILES string of the molecule is CNCCN(C)CCC(=O)NN. The van der Waals surface area contributed by atoms with Crippen molar-refractivity contribution in [3.8, 4) is 0 Å². The zero-order valence-electron chi connectivity index (χ0n) is 7.76. The highest BCUT2D eigenvalue weighted by Crippen LogP contribution is 1.85. The molecule has 12 heavy (non-hydrogen) atoms. The number of nitrogens with two attached hydrogens (primary N) is 1. The second-order valence-corrected chi connectivity index (χ2v) is 2.72. The van der Waals surface area contributed by atoms with Crippen molar-refractivity contribution in [1.29, 1.82) is 0 Å². The lowest BCUT2D eigenvalue weighted by molar-refractivity contribution is -0.121. The third-order valence-corrected chi connectivity index (χ3v) is 1.63. The fraction of sp³-hybridized carbons (Fsp3) is 0.857.